The first-order chi connectivity index (χ1) is 11.4. The maximum atomic E-state index is 12.6. The van der Waals surface area contributed by atoms with Crippen molar-refractivity contribution in [3.8, 4) is 5.75 Å². The fourth-order valence-corrected chi connectivity index (χ4v) is 2.87. The molecule has 0 aliphatic carbocycles. The number of nitrogen functional groups attached to an aromatic ring is 1. The molecule has 3 N–H and O–H groups in total. The molecule has 1 aromatic carbocycles. The van der Waals surface area contributed by atoms with Crippen molar-refractivity contribution in [3.05, 3.63) is 23.8 Å². The molecule has 24 heavy (non-hydrogen) atoms. The van der Waals surface area contributed by atoms with Crippen LogP contribution in [0, 0.1) is 0 Å². The summed E-state index contributed by atoms with van der Waals surface area (Å²) in [6, 6.07) is 4.66. The number of hydrogen-bond donors (Lipinski definition) is 2. The fourth-order valence-electron chi connectivity index (χ4n) is 2.87. The number of ether oxygens (including phenoxy) is 1. The Balaban J connectivity index is 1.85. The van der Waals surface area contributed by atoms with Crippen molar-refractivity contribution < 1.29 is 23.4 Å². The summed E-state index contributed by atoms with van der Waals surface area (Å²) < 4.78 is 30.9. The molecule has 1 saturated heterocycles. The van der Waals surface area contributed by atoms with Gasteiger partial charge in [0.05, 0.1) is 0 Å². The highest BCUT2D eigenvalue weighted by atomic mass is 19.3. The molecular formula is C16H23F2N3O3. The Hall–Kier alpha value is -2.09. The quantitative estimate of drug-likeness (QED) is 0.774. The summed E-state index contributed by atoms with van der Waals surface area (Å²) in [6.45, 7) is 4.53. The lowest BCUT2D eigenvalue weighted by Gasteiger charge is -2.38. The third-order valence-corrected chi connectivity index (χ3v) is 4.08. The molecule has 134 valence electrons. The van der Waals surface area contributed by atoms with Crippen LogP contribution in [0.3, 0.4) is 0 Å². The van der Waals surface area contributed by atoms with Gasteiger partial charge in [-0.05, 0) is 25.1 Å². The molecule has 0 spiro atoms. The molecule has 1 aliphatic rings. The number of amides is 1. The molecule has 0 saturated carbocycles. The number of piperazine rings is 1. The Morgan fingerprint density at radius 3 is 2.83 bits per heavy atom. The molecule has 1 aliphatic heterocycles. The predicted octanol–water partition coefficient (Wildman–Crippen LogP) is 2.14. The Labute approximate surface area is 139 Å². The molecule has 1 atom stereocenters. The molecule has 6 nitrogen and oxygen atoms in total. The zero-order valence-electron chi connectivity index (χ0n) is 13.6. The van der Waals surface area contributed by atoms with Gasteiger partial charge in [-0.15, -0.1) is 0 Å². The third kappa shape index (κ3) is 4.95. The maximum Gasteiger partial charge on any atom is 0.407 e. The number of rotatable bonds is 6. The maximum absolute atomic E-state index is 12.6. The van der Waals surface area contributed by atoms with Crippen LogP contribution in [-0.2, 0) is 6.42 Å². The van der Waals surface area contributed by atoms with Gasteiger partial charge in [0.25, 0.3) is 0 Å². The molecular weight excluding hydrogens is 320 g/mol. The average Bonchev–Trinajstić information content (AvgIpc) is 2.48. The van der Waals surface area contributed by atoms with Gasteiger partial charge >= 0.3 is 6.09 Å². The van der Waals surface area contributed by atoms with Gasteiger partial charge in [0.1, 0.15) is 12.4 Å². The molecule has 1 amide bonds. The van der Waals surface area contributed by atoms with Crippen LogP contribution in [0.15, 0.2) is 18.2 Å². The number of nitrogens with two attached hydrogens (primary N) is 1. The van der Waals surface area contributed by atoms with Gasteiger partial charge in [-0.1, -0.05) is 0 Å². The van der Waals surface area contributed by atoms with Crippen molar-refractivity contribution in [3.63, 3.8) is 0 Å². The average molecular weight is 343 g/mol. The summed E-state index contributed by atoms with van der Waals surface area (Å²) in [4.78, 5) is 14.6. The molecule has 0 bridgehead atoms. The van der Waals surface area contributed by atoms with Crippen LogP contribution in [0.25, 0.3) is 0 Å². The molecule has 8 heteroatoms. The predicted molar refractivity (Wildman–Crippen MR) is 86.7 cm³/mol. The smallest absolute Gasteiger partial charge is 0.407 e. The molecule has 0 unspecified atom stereocenters. The Kier molecular flexibility index (Phi) is 6.19. The molecule has 1 fully saturated rings. The number of carboxylic acid groups (broad SMARTS) is 1. The summed E-state index contributed by atoms with van der Waals surface area (Å²) in [6.07, 6.45) is -3.76. The van der Waals surface area contributed by atoms with Crippen molar-refractivity contribution in [2.75, 3.05) is 38.5 Å². The molecule has 0 aromatic heterocycles. The number of hydrogen-bond acceptors (Lipinski definition) is 4. The number of halogens is 2. The first kappa shape index (κ1) is 18.3. The zero-order chi connectivity index (χ0) is 17.7. The monoisotopic (exact) mass is 343 g/mol. The topological polar surface area (TPSA) is 79.0 Å². The van der Waals surface area contributed by atoms with E-state index >= 15 is 0 Å². The van der Waals surface area contributed by atoms with Crippen LogP contribution in [0.5, 0.6) is 5.75 Å². The molecule has 1 aromatic rings. The third-order valence-electron chi connectivity index (χ3n) is 4.08. The van der Waals surface area contributed by atoms with Crippen molar-refractivity contribution in [1.82, 2.24) is 9.80 Å². The largest absolute Gasteiger partial charge is 0.492 e. The van der Waals surface area contributed by atoms with Gasteiger partial charge in [-0.2, -0.15) is 0 Å². The van der Waals surface area contributed by atoms with Crippen LogP contribution in [0.2, 0.25) is 0 Å². The van der Waals surface area contributed by atoms with Crippen LogP contribution in [0.1, 0.15) is 12.5 Å². The van der Waals surface area contributed by atoms with Crippen molar-refractivity contribution in [1.29, 1.82) is 0 Å². The van der Waals surface area contributed by atoms with E-state index in [4.69, 9.17) is 15.6 Å². The van der Waals surface area contributed by atoms with E-state index in [9.17, 15) is 13.6 Å². The number of nitrogens with zero attached hydrogens (tertiary/aromatic N) is 2. The van der Waals surface area contributed by atoms with E-state index in [1.165, 1.54) is 11.0 Å². The number of alkyl halides is 2. The van der Waals surface area contributed by atoms with Gasteiger partial charge in [-0.25, -0.2) is 13.6 Å². The number of anilines is 1. The second-order valence-electron chi connectivity index (χ2n) is 5.94. The lowest BCUT2D eigenvalue weighted by molar-refractivity contribution is 0.0679. The van der Waals surface area contributed by atoms with Crippen molar-refractivity contribution >= 4 is 11.8 Å². The van der Waals surface area contributed by atoms with Crippen LogP contribution in [0.4, 0.5) is 19.3 Å². The van der Waals surface area contributed by atoms with E-state index in [1.807, 2.05) is 6.92 Å². The summed E-state index contributed by atoms with van der Waals surface area (Å²) in [5.41, 5.74) is 6.46. The van der Waals surface area contributed by atoms with Gasteiger partial charge in [0.2, 0.25) is 6.43 Å². The van der Waals surface area contributed by atoms with Crippen LogP contribution >= 0.6 is 0 Å². The highest BCUT2D eigenvalue weighted by Crippen LogP contribution is 2.24. The Bertz CT molecular complexity index is 571. The van der Waals surface area contributed by atoms with Gasteiger partial charge in [-0.3, -0.25) is 4.90 Å². The van der Waals surface area contributed by atoms with E-state index in [1.54, 1.807) is 12.1 Å². The minimum absolute atomic E-state index is 0.0813. The summed E-state index contributed by atoms with van der Waals surface area (Å²) in [5.74, 6) is 0.418. The SMILES string of the molecule is C[C@@H]1CN(CCOc2ccc(N)cc2CC(F)F)CCN1C(=O)O. The first-order valence-electron chi connectivity index (χ1n) is 7.88. The minimum Gasteiger partial charge on any atom is -0.492 e. The van der Waals surface area contributed by atoms with E-state index < -0.39 is 18.9 Å². The molecule has 0 radical (unpaired) electrons. The highest BCUT2D eigenvalue weighted by Gasteiger charge is 2.26. The fraction of sp³-hybridized carbons (Fsp3) is 0.562. The second-order valence-corrected chi connectivity index (χ2v) is 5.94. The summed E-state index contributed by atoms with van der Waals surface area (Å²) >= 11 is 0. The lowest BCUT2D eigenvalue weighted by atomic mass is 10.1. The van der Waals surface area contributed by atoms with E-state index in [-0.39, 0.29) is 6.04 Å². The zero-order valence-corrected chi connectivity index (χ0v) is 13.6. The van der Waals surface area contributed by atoms with E-state index in [0.717, 1.165) is 0 Å². The van der Waals surface area contributed by atoms with Crippen molar-refractivity contribution in [2.45, 2.75) is 25.8 Å². The van der Waals surface area contributed by atoms with E-state index in [0.29, 0.717) is 49.8 Å². The van der Waals surface area contributed by atoms with Gasteiger partial charge in [0.15, 0.2) is 0 Å². The normalized spacial score (nSPS) is 18.8. The standard InChI is InChI=1S/C16H23F2N3O3/c1-11-10-20(4-5-21(11)16(22)23)6-7-24-14-3-2-13(19)8-12(14)9-15(17)18/h2-3,8,11,15H,4-7,9-10,19H2,1H3,(H,22,23)/t11-/m1/s1. The second kappa shape index (κ2) is 8.14. The summed E-state index contributed by atoms with van der Waals surface area (Å²) in [7, 11) is 0. The number of benzene rings is 1. The van der Waals surface area contributed by atoms with E-state index in [2.05, 4.69) is 4.90 Å². The minimum atomic E-state index is -2.46. The number of carbonyl (C=O) groups is 1. The lowest BCUT2D eigenvalue weighted by Crippen LogP contribution is -2.54. The van der Waals surface area contributed by atoms with Crippen LogP contribution < -0.4 is 10.5 Å². The first-order valence-corrected chi connectivity index (χ1v) is 7.88. The van der Waals surface area contributed by atoms with Crippen molar-refractivity contribution in [2.24, 2.45) is 0 Å². The molecule has 2 rings (SSSR count). The highest BCUT2D eigenvalue weighted by molar-refractivity contribution is 5.65. The van der Waals surface area contributed by atoms with Gasteiger partial charge < -0.3 is 20.5 Å². The summed E-state index contributed by atoms with van der Waals surface area (Å²) in [5, 5.41) is 9.06. The van der Waals surface area contributed by atoms with Crippen LogP contribution in [-0.4, -0.2) is 66.3 Å². The van der Waals surface area contributed by atoms with Gasteiger partial charge in [0, 0.05) is 49.9 Å². The molecule has 1 heterocycles. The Morgan fingerprint density at radius 1 is 1.46 bits per heavy atom. The Morgan fingerprint density at radius 2 is 2.21 bits per heavy atom.